The zero-order valence-electron chi connectivity index (χ0n) is 9.82. The van der Waals surface area contributed by atoms with Crippen molar-refractivity contribution in [1.82, 2.24) is 24.6 Å². The van der Waals surface area contributed by atoms with Crippen LogP contribution in [0.25, 0.3) is 10.9 Å². The van der Waals surface area contributed by atoms with Crippen LogP contribution in [-0.2, 0) is 0 Å². The van der Waals surface area contributed by atoms with E-state index in [1.807, 2.05) is 6.92 Å². The molecule has 0 radical (unpaired) electrons. The molecule has 19 heavy (non-hydrogen) atoms. The fourth-order valence-corrected chi connectivity index (χ4v) is 2.47. The van der Waals surface area contributed by atoms with Crippen molar-refractivity contribution in [3.8, 4) is 0 Å². The number of aromatic nitrogens is 5. The molecule has 3 aromatic rings. The Morgan fingerprint density at radius 1 is 1.37 bits per heavy atom. The van der Waals surface area contributed by atoms with Crippen molar-refractivity contribution in [1.29, 1.82) is 0 Å². The van der Waals surface area contributed by atoms with Crippen LogP contribution in [0, 0.1) is 0 Å². The van der Waals surface area contributed by atoms with Gasteiger partial charge in [0.05, 0.1) is 11.4 Å². The van der Waals surface area contributed by atoms with Crippen molar-refractivity contribution in [3.05, 3.63) is 44.6 Å². The number of halogens is 1. The molecule has 0 fully saturated rings. The molecular formula is C11H8ClN5OS. The quantitative estimate of drug-likeness (QED) is 0.721. The van der Waals surface area contributed by atoms with Crippen molar-refractivity contribution in [2.45, 2.75) is 13.0 Å². The van der Waals surface area contributed by atoms with Crippen LogP contribution in [0.15, 0.2) is 28.4 Å². The van der Waals surface area contributed by atoms with Gasteiger partial charge in [-0.05, 0) is 36.7 Å². The van der Waals surface area contributed by atoms with Crippen LogP contribution >= 0.6 is 23.1 Å². The summed E-state index contributed by atoms with van der Waals surface area (Å²) in [6.45, 7) is 1.83. The summed E-state index contributed by atoms with van der Waals surface area (Å²) in [7, 11) is 0. The molecule has 0 N–H and O–H groups in total. The molecule has 96 valence electrons. The van der Waals surface area contributed by atoms with E-state index in [0.29, 0.717) is 21.6 Å². The Bertz CT molecular complexity index is 785. The molecule has 8 heteroatoms. The lowest BCUT2D eigenvalue weighted by Crippen LogP contribution is -2.27. The SMILES string of the molecule is CC(c1csnn1)n1nnc2cc(Cl)ccc2c1=O. The van der Waals surface area contributed by atoms with Crippen LogP contribution in [0.1, 0.15) is 18.7 Å². The number of fused-ring (bicyclic) bond motifs is 1. The average molecular weight is 294 g/mol. The smallest absolute Gasteiger partial charge is 0.267 e. The first-order chi connectivity index (χ1) is 9.16. The summed E-state index contributed by atoms with van der Waals surface area (Å²) < 4.78 is 5.08. The lowest BCUT2D eigenvalue weighted by atomic mass is 10.2. The predicted molar refractivity (Wildman–Crippen MR) is 72.5 cm³/mol. The largest absolute Gasteiger partial charge is 0.278 e. The van der Waals surface area contributed by atoms with Crippen LogP contribution in [0.2, 0.25) is 5.02 Å². The molecule has 2 heterocycles. The van der Waals surface area contributed by atoms with Gasteiger partial charge < -0.3 is 0 Å². The average Bonchev–Trinajstić information content (AvgIpc) is 2.92. The molecule has 0 bridgehead atoms. The van der Waals surface area contributed by atoms with Gasteiger partial charge in [-0.15, -0.1) is 10.2 Å². The van der Waals surface area contributed by atoms with Gasteiger partial charge in [0.1, 0.15) is 11.2 Å². The molecule has 2 aromatic heterocycles. The Kier molecular flexibility index (Phi) is 3.00. The molecule has 0 spiro atoms. The van der Waals surface area contributed by atoms with Crippen molar-refractivity contribution in [2.75, 3.05) is 0 Å². The normalized spacial score (nSPS) is 12.7. The van der Waals surface area contributed by atoms with Crippen molar-refractivity contribution in [3.63, 3.8) is 0 Å². The van der Waals surface area contributed by atoms with E-state index >= 15 is 0 Å². The molecule has 0 aliphatic heterocycles. The summed E-state index contributed by atoms with van der Waals surface area (Å²) >= 11 is 7.09. The minimum absolute atomic E-state index is 0.220. The Morgan fingerprint density at radius 2 is 2.21 bits per heavy atom. The van der Waals surface area contributed by atoms with E-state index in [1.165, 1.54) is 16.2 Å². The van der Waals surface area contributed by atoms with E-state index in [0.717, 1.165) is 0 Å². The number of nitrogens with zero attached hydrogens (tertiary/aromatic N) is 5. The maximum Gasteiger partial charge on any atom is 0.278 e. The van der Waals surface area contributed by atoms with E-state index in [9.17, 15) is 4.79 Å². The fourth-order valence-electron chi connectivity index (χ4n) is 1.76. The molecular weight excluding hydrogens is 286 g/mol. The highest BCUT2D eigenvalue weighted by Crippen LogP contribution is 2.16. The predicted octanol–water partition coefficient (Wildman–Crippen LogP) is 1.91. The zero-order chi connectivity index (χ0) is 13.4. The van der Waals surface area contributed by atoms with Gasteiger partial charge in [0.2, 0.25) is 0 Å². The zero-order valence-corrected chi connectivity index (χ0v) is 11.4. The van der Waals surface area contributed by atoms with Crippen molar-refractivity contribution >= 4 is 34.0 Å². The van der Waals surface area contributed by atoms with Gasteiger partial charge in [-0.25, -0.2) is 4.68 Å². The molecule has 1 aromatic carbocycles. The second kappa shape index (κ2) is 4.67. The first-order valence-electron chi connectivity index (χ1n) is 5.48. The third-order valence-electron chi connectivity index (χ3n) is 2.82. The molecule has 6 nitrogen and oxygen atoms in total. The highest BCUT2D eigenvalue weighted by atomic mass is 35.5. The molecule has 1 atom stereocenters. The van der Waals surface area contributed by atoms with E-state index in [-0.39, 0.29) is 11.6 Å². The summed E-state index contributed by atoms with van der Waals surface area (Å²) in [6, 6.07) is 4.62. The van der Waals surface area contributed by atoms with Gasteiger partial charge in [0, 0.05) is 10.4 Å². The Balaban J connectivity index is 2.18. The van der Waals surface area contributed by atoms with Crippen LogP contribution in [0.5, 0.6) is 0 Å². The summed E-state index contributed by atoms with van der Waals surface area (Å²) in [6.07, 6.45) is 0. The minimum atomic E-state index is -0.307. The van der Waals surface area contributed by atoms with Crippen LogP contribution in [0.3, 0.4) is 0 Å². The van der Waals surface area contributed by atoms with Crippen molar-refractivity contribution < 1.29 is 0 Å². The molecule has 0 saturated carbocycles. The third kappa shape index (κ3) is 2.11. The lowest BCUT2D eigenvalue weighted by Gasteiger charge is -2.10. The van der Waals surface area contributed by atoms with Crippen molar-refractivity contribution in [2.24, 2.45) is 0 Å². The molecule has 3 rings (SSSR count). The lowest BCUT2D eigenvalue weighted by molar-refractivity contribution is 0.497. The Morgan fingerprint density at radius 3 is 2.95 bits per heavy atom. The minimum Gasteiger partial charge on any atom is -0.267 e. The molecule has 0 aliphatic carbocycles. The maximum absolute atomic E-state index is 12.3. The standard InChI is InChI=1S/C11H8ClN5OS/c1-6(10-5-19-16-14-10)17-11(18)8-3-2-7(12)4-9(8)13-15-17/h2-6H,1H3. The number of hydrogen-bond acceptors (Lipinski definition) is 6. The van der Waals surface area contributed by atoms with Crippen LogP contribution in [0.4, 0.5) is 0 Å². The fraction of sp³-hybridized carbons (Fsp3) is 0.182. The third-order valence-corrected chi connectivity index (χ3v) is 3.58. The van der Waals surface area contributed by atoms with Crippen LogP contribution < -0.4 is 5.56 Å². The van der Waals surface area contributed by atoms with Gasteiger partial charge in [-0.2, -0.15) is 0 Å². The van der Waals surface area contributed by atoms with Gasteiger partial charge in [-0.3, -0.25) is 4.79 Å². The van der Waals surface area contributed by atoms with E-state index in [2.05, 4.69) is 19.9 Å². The summed E-state index contributed by atoms with van der Waals surface area (Å²) in [5, 5.41) is 14.7. The highest BCUT2D eigenvalue weighted by molar-refractivity contribution is 7.03. The monoisotopic (exact) mass is 293 g/mol. The Hall–Kier alpha value is -1.86. The highest BCUT2D eigenvalue weighted by Gasteiger charge is 2.15. The topological polar surface area (TPSA) is 73.6 Å². The second-order valence-electron chi connectivity index (χ2n) is 4.01. The molecule has 0 aliphatic rings. The van der Waals surface area contributed by atoms with E-state index in [4.69, 9.17) is 11.6 Å². The summed E-state index contributed by atoms with van der Waals surface area (Å²) in [5.74, 6) is 0. The molecule has 0 amide bonds. The van der Waals surface area contributed by atoms with Gasteiger partial charge >= 0.3 is 0 Å². The van der Waals surface area contributed by atoms with Gasteiger partial charge in [0.25, 0.3) is 5.56 Å². The van der Waals surface area contributed by atoms with Gasteiger partial charge in [0.15, 0.2) is 0 Å². The first-order valence-corrected chi connectivity index (χ1v) is 6.70. The summed E-state index contributed by atoms with van der Waals surface area (Å²) in [4.78, 5) is 12.3. The summed E-state index contributed by atoms with van der Waals surface area (Å²) in [5.41, 5.74) is 0.953. The molecule has 1 unspecified atom stereocenters. The van der Waals surface area contributed by atoms with E-state index in [1.54, 1.807) is 23.6 Å². The maximum atomic E-state index is 12.3. The van der Waals surface area contributed by atoms with E-state index < -0.39 is 0 Å². The van der Waals surface area contributed by atoms with Crippen LogP contribution in [-0.4, -0.2) is 24.6 Å². The van der Waals surface area contributed by atoms with Gasteiger partial charge in [-0.1, -0.05) is 21.3 Å². The molecule has 0 saturated heterocycles. The first kappa shape index (κ1) is 12.2. The Labute approximate surface area is 116 Å². The number of rotatable bonds is 2. The number of hydrogen-bond donors (Lipinski definition) is 0. The number of benzene rings is 1. The second-order valence-corrected chi connectivity index (χ2v) is 5.05.